The fourth-order valence-electron chi connectivity index (χ4n) is 0.633. The Kier molecular flexibility index (Phi) is 21.2. The third kappa shape index (κ3) is 7.20. The third-order valence-electron chi connectivity index (χ3n) is 1.09. The van der Waals surface area contributed by atoms with Crippen LogP contribution in [-0.4, -0.2) is 0 Å². The molecule has 0 heterocycles. The monoisotopic (exact) mass is 641 g/mol. The minimum Gasteiger partial charge on any atom is -1.00 e. The largest absolute Gasteiger partial charge is 1.00 e. The Balaban J connectivity index is -0.000000163. The van der Waals surface area contributed by atoms with Gasteiger partial charge in [-0.2, -0.15) is 0 Å². The molecule has 0 aromatic rings. The first-order valence-electron chi connectivity index (χ1n) is 2.47. The molecule has 0 aromatic carbocycles. The number of hydrogen-bond donors (Lipinski definition) is 0. The van der Waals surface area contributed by atoms with Gasteiger partial charge >= 0.3 is 55.6 Å². The molecule has 0 saturated heterocycles. The molecule has 57 valence electrons. The van der Waals surface area contributed by atoms with Crippen molar-refractivity contribution in [3.63, 3.8) is 0 Å². The Morgan fingerprint density at radius 2 is 1.90 bits per heavy atom. The topological polar surface area (TPSA) is 0 Å². The van der Waals surface area contributed by atoms with Crippen molar-refractivity contribution >= 4 is 0 Å². The summed E-state index contributed by atoms with van der Waals surface area (Å²) in [4.78, 5) is 0. The summed E-state index contributed by atoms with van der Waals surface area (Å²) in [7, 11) is 0. The van der Waals surface area contributed by atoms with Crippen LogP contribution in [0.3, 0.4) is 0 Å². The fraction of sp³-hybridized carbons (Fsp3) is 0.333. The van der Waals surface area contributed by atoms with Crippen LogP contribution in [0.15, 0.2) is 21.6 Å². The molecular formula is C6H8HfI3. The third-order valence-corrected chi connectivity index (χ3v) is 4.73. The molecule has 1 rings (SSSR count). The Bertz CT molecular complexity index is 120. The summed E-state index contributed by atoms with van der Waals surface area (Å²) in [5.41, 5.74) is 0. The first-order valence-corrected chi connectivity index (χ1v) is 7.86. The standard InChI is InChI=1S/C5H5.CH3.Hf.3HI/c1-2-4-5-3-1;;;;;/h1-3H,4H2;1H3;;3*1H/q;;+3;;;/p-3. The summed E-state index contributed by atoms with van der Waals surface area (Å²) < 4.78 is 4.14. The van der Waals surface area contributed by atoms with E-state index in [2.05, 4.69) is 22.9 Å². The van der Waals surface area contributed by atoms with Gasteiger partial charge in [0.1, 0.15) is 0 Å². The van der Waals surface area contributed by atoms with Gasteiger partial charge in [-0.3, -0.25) is 0 Å². The van der Waals surface area contributed by atoms with Crippen molar-refractivity contribution in [1.29, 1.82) is 0 Å². The number of allylic oxidation sites excluding steroid dienone is 4. The van der Waals surface area contributed by atoms with E-state index in [9.17, 15) is 0 Å². The van der Waals surface area contributed by atoms with E-state index in [1.165, 1.54) is 6.42 Å². The summed E-state index contributed by atoms with van der Waals surface area (Å²) in [6, 6.07) is 0. The molecule has 0 aliphatic heterocycles. The summed E-state index contributed by atoms with van der Waals surface area (Å²) in [6.07, 6.45) is 7.97. The molecule has 0 fully saturated rings. The van der Waals surface area contributed by atoms with E-state index in [0.717, 1.165) is 0 Å². The summed E-state index contributed by atoms with van der Waals surface area (Å²) in [5.74, 6) is 0. The zero-order chi connectivity index (χ0) is 5.11. The van der Waals surface area contributed by atoms with E-state index >= 15 is 0 Å². The number of hydrogen-bond acceptors (Lipinski definition) is 0. The van der Waals surface area contributed by atoms with E-state index in [1.807, 2.05) is 0 Å². The van der Waals surface area contributed by atoms with Crippen LogP contribution in [-0.2, 0) is 22.9 Å². The number of rotatable bonds is 1. The fourth-order valence-corrected chi connectivity index (χ4v) is 2.73. The first kappa shape index (κ1) is 18.3. The van der Waals surface area contributed by atoms with Gasteiger partial charge in [-0.05, 0) is 0 Å². The van der Waals surface area contributed by atoms with Crippen LogP contribution in [0.25, 0.3) is 0 Å². The molecule has 0 amide bonds. The van der Waals surface area contributed by atoms with Gasteiger partial charge in [0.05, 0.1) is 0 Å². The molecule has 0 saturated carbocycles. The maximum atomic E-state index is 2.39. The molecule has 1 aliphatic rings. The number of halogens is 3. The first-order chi connectivity index (χ1) is 3.43. The van der Waals surface area contributed by atoms with Crippen molar-refractivity contribution in [1.82, 2.24) is 0 Å². The minimum absolute atomic E-state index is 0. The second-order valence-corrected chi connectivity index (χ2v) is 5.68. The van der Waals surface area contributed by atoms with Gasteiger partial charge in [-0.1, -0.05) is 0 Å². The Labute approximate surface area is 125 Å². The van der Waals surface area contributed by atoms with Crippen LogP contribution < -0.4 is 71.9 Å². The Hall–Kier alpha value is 2.54. The second-order valence-electron chi connectivity index (χ2n) is 1.57. The van der Waals surface area contributed by atoms with Crippen molar-refractivity contribution in [2.45, 2.75) is 11.1 Å². The van der Waals surface area contributed by atoms with Crippen LogP contribution in [0.5, 0.6) is 0 Å². The smallest absolute Gasteiger partial charge is 1.00 e. The maximum Gasteiger partial charge on any atom is -1.00 e. The molecule has 10 heavy (non-hydrogen) atoms. The van der Waals surface area contributed by atoms with Crippen LogP contribution in [0.4, 0.5) is 0 Å². The predicted octanol–water partition coefficient (Wildman–Crippen LogP) is -7.03. The summed E-state index contributed by atoms with van der Waals surface area (Å²) in [5, 5.41) is 0. The maximum absolute atomic E-state index is 2.39. The summed E-state index contributed by atoms with van der Waals surface area (Å²) in [6.45, 7) is 0. The minimum atomic E-state index is -0.221. The van der Waals surface area contributed by atoms with Gasteiger partial charge in [0.15, 0.2) is 0 Å². The van der Waals surface area contributed by atoms with Crippen molar-refractivity contribution in [2.24, 2.45) is 0 Å². The Morgan fingerprint density at radius 1 is 1.30 bits per heavy atom. The van der Waals surface area contributed by atoms with E-state index < -0.39 is 0 Å². The Morgan fingerprint density at radius 3 is 2.10 bits per heavy atom. The van der Waals surface area contributed by atoms with Gasteiger partial charge in [-0.15, -0.1) is 0 Å². The van der Waals surface area contributed by atoms with Crippen LogP contribution in [0.1, 0.15) is 6.42 Å². The van der Waals surface area contributed by atoms with Crippen molar-refractivity contribution in [3.8, 4) is 0 Å². The predicted molar refractivity (Wildman–Crippen MR) is 27.7 cm³/mol. The normalized spacial score (nSPS) is 11.5. The molecule has 0 aromatic heterocycles. The van der Waals surface area contributed by atoms with E-state index in [-0.39, 0.29) is 94.8 Å². The molecule has 1 aliphatic carbocycles. The average molecular weight is 639 g/mol. The molecule has 0 radical (unpaired) electrons. The zero-order valence-corrected chi connectivity index (χ0v) is 15.6. The molecular weight excluding hydrogens is 631 g/mol. The van der Waals surface area contributed by atoms with Gasteiger partial charge < -0.3 is 71.9 Å². The van der Waals surface area contributed by atoms with E-state index in [0.29, 0.717) is 0 Å². The molecule has 0 atom stereocenters. The molecule has 0 bridgehead atoms. The zero-order valence-electron chi connectivity index (χ0n) is 5.57. The quantitative estimate of drug-likeness (QED) is 0.198. The van der Waals surface area contributed by atoms with Crippen LogP contribution in [0, 0.1) is 0 Å². The molecule has 0 N–H and O–H groups in total. The second kappa shape index (κ2) is 11.5. The van der Waals surface area contributed by atoms with Crippen molar-refractivity contribution in [3.05, 3.63) is 21.6 Å². The van der Waals surface area contributed by atoms with Crippen molar-refractivity contribution < 1.29 is 94.8 Å². The molecule has 0 nitrogen and oxygen atoms in total. The van der Waals surface area contributed by atoms with Gasteiger partial charge in [0.2, 0.25) is 0 Å². The average Bonchev–Trinajstić information content (AvgIpc) is 2.14. The van der Waals surface area contributed by atoms with Gasteiger partial charge in [0.25, 0.3) is 0 Å². The van der Waals surface area contributed by atoms with E-state index in [4.69, 9.17) is 0 Å². The van der Waals surface area contributed by atoms with Crippen LogP contribution >= 0.6 is 0 Å². The van der Waals surface area contributed by atoms with E-state index in [1.54, 1.807) is 3.33 Å². The molecule has 0 unspecified atom stereocenters. The van der Waals surface area contributed by atoms with Crippen molar-refractivity contribution in [2.75, 3.05) is 0 Å². The van der Waals surface area contributed by atoms with Gasteiger partial charge in [-0.25, -0.2) is 0 Å². The molecule has 0 spiro atoms. The molecule has 4 heteroatoms. The van der Waals surface area contributed by atoms with Crippen LogP contribution in [0.2, 0.25) is 4.68 Å². The summed E-state index contributed by atoms with van der Waals surface area (Å²) >= 11 is -0.221. The van der Waals surface area contributed by atoms with Gasteiger partial charge in [0, 0.05) is 0 Å². The SMILES string of the molecule is [CH3][Hf+3][C]1=CC=CC1.[I-].[I-].[I-].